The van der Waals surface area contributed by atoms with Gasteiger partial charge in [-0.1, -0.05) is 0 Å². The predicted octanol–water partition coefficient (Wildman–Crippen LogP) is -0.199. The fourth-order valence-electron chi connectivity index (χ4n) is 0. The molecule has 5 heteroatoms. The molecule has 0 aromatic heterocycles. The zero-order chi connectivity index (χ0) is 7.15. The van der Waals surface area contributed by atoms with Crippen LogP contribution in [0, 0.1) is 0 Å². The van der Waals surface area contributed by atoms with E-state index in [1.54, 1.807) is 0 Å². The van der Waals surface area contributed by atoms with E-state index < -0.39 is 11.9 Å². The van der Waals surface area contributed by atoms with Gasteiger partial charge in [0, 0.05) is 24.0 Å². The number of hydrogen-bond donors (Lipinski definition) is 2. The van der Waals surface area contributed by atoms with Crippen molar-refractivity contribution >= 4 is 22.1 Å². The van der Waals surface area contributed by atoms with Gasteiger partial charge < -0.3 is 10.2 Å². The summed E-state index contributed by atoms with van der Waals surface area (Å²) in [4.78, 5) is 18.0. The van der Waals surface area contributed by atoms with E-state index in [0.717, 1.165) is 13.8 Å². The van der Waals surface area contributed by atoms with Gasteiger partial charge >= 0.3 is 0 Å². The van der Waals surface area contributed by atoms with Crippen molar-refractivity contribution in [2.75, 3.05) is 0 Å². The van der Waals surface area contributed by atoms with Gasteiger partial charge in [-0.25, -0.2) is 0 Å². The molecule has 0 fully saturated rings. The maximum absolute atomic E-state index is 9.00. The van der Waals surface area contributed by atoms with Crippen LogP contribution in [0.25, 0.3) is 0 Å². The number of carboxylic acids is 2. The second kappa shape index (κ2) is 10.2. The van der Waals surface area contributed by atoms with Gasteiger partial charge in [0.2, 0.25) is 0 Å². The Morgan fingerprint density at radius 2 is 1.00 bits per heavy atom. The van der Waals surface area contributed by atoms with E-state index in [4.69, 9.17) is 19.8 Å². The van der Waals surface area contributed by atoms with Gasteiger partial charge in [-0.3, -0.25) is 9.59 Å². The number of hydrogen-bond acceptors (Lipinski definition) is 2. The van der Waals surface area contributed by atoms with E-state index in [9.17, 15) is 0 Å². The molecule has 0 spiro atoms. The predicted molar refractivity (Wildman–Crippen MR) is 32.4 cm³/mol. The molecule has 0 heterocycles. The van der Waals surface area contributed by atoms with Crippen molar-refractivity contribution in [3.05, 3.63) is 0 Å². The Morgan fingerprint density at radius 1 is 1.00 bits per heavy atom. The van der Waals surface area contributed by atoms with Crippen LogP contribution >= 0.6 is 0 Å². The normalized spacial score (nSPS) is 5.56. The average Bonchev–Trinajstić information content (AvgIpc) is 1.25. The second-order valence-electron chi connectivity index (χ2n) is 1.04. The minimum absolute atomic E-state index is 0. The number of aliphatic carboxylic acids is 2. The Bertz CT molecular complexity index is 70.6. The van der Waals surface area contributed by atoms with Crippen LogP contribution < -0.4 is 0 Å². The van der Waals surface area contributed by atoms with Crippen LogP contribution in [0.3, 0.4) is 0 Å². The van der Waals surface area contributed by atoms with Crippen molar-refractivity contribution in [3.63, 3.8) is 0 Å². The third kappa shape index (κ3) is 234. The van der Waals surface area contributed by atoms with Gasteiger partial charge in [0.25, 0.3) is 11.9 Å². The quantitative estimate of drug-likeness (QED) is 0.444. The number of carbonyl (C=O) groups is 2. The molecule has 0 aromatic carbocycles. The Morgan fingerprint density at radius 3 is 1.00 bits per heavy atom. The maximum Gasteiger partial charge on any atom is 0.300 e. The first-order valence-corrected chi connectivity index (χ1v) is 1.86. The Hall–Kier alpha value is -0.891. The first-order valence-electron chi connectivity index (χ1n) is 1.86. The van der Waals surface area contributed by atoms with Crippen LogP contribution in [0.4, 0.5) is 0 Å². The van der Waals surface area contributed by atoms with Gasteiger partial charge in [0.05, 0.1) is 0 Å². The standard InChI is InChI=1S/2C2H4O2.Be/c2*1-2(3)4;/h2*1H3,(H,3,4);. The van der Waals surface area contributed by atoms with Crippen molar-refractivity contribution in [2.24, 2.45) is 0 Å². The molecule has 2 radical (unpaired) electrons. The van der Waals surface area contributed by atoms with E-state index in [0.29, 0.717) is 0 Å². The Balaban J connectivity index is -0.0000000720. The summed E-state index contributed by atoms with van der Waals surface area (Å²) < 4.78 is 0. The Kier molecular flexibility index (Phi) is 17.7. The van der Waals surface area contributed by atoms with E-state index in [1.165, 1.54) is 0 Å². The number of rotatable bonds is 0. The van der Waals surface area contributed by atoms with Gasteiger partial charge in [-0.05, 0) is 0 Å². The Labute approximate surface area is 56.7 Å². The molecule has 0 atom stereocenters. The van der Waals surface area contributed by atoms with Crippen molar-refractivity contribution in [3.8, 4) is 0 Å². The molecule has 0 amide bonds. The molecular formula is C4H8BeO4. The summed E-state index contributed by atoms with van der Waals surface area (Å²) >= 11 is 0. The summed E-state index contributed by atoms with van der Waals surface area (Å²) in [7, 11) is 0. The van der Waals surface area contributed by atoms with E-state index in [2.05, 4.69) is 0 Å². The SMILES string of the molecule is CC(=O)O.CC(=O)O.[Be]. The molecule has 0 saturated carbocycles. The van der Waals surface area contributed by atoms with Crippen LogP contribution in [-0.2, 0) is 9.59 Å². The summed E-state index contributed by atoms with van der Waals surface area (Å²) in [5.41, 5.74) is 0. The minimum Gasteiger partial charge on any atom is -0.481 e. The first-order chi connectivity index (χ1) is 3.46. The molecule has 0 aliphatic heterocycles. The summed E-state index contributed by atoms with van der Waals surface area (Å²) in [5.74, 6) is -1.67. The minimum atomic E-state index is -0.833. The maximum atomic E-state index is 9.00. The monoisotopic (exact) mass is 129 g/mol. The van der Waals surface area contributed by atoms with Crippen molar-refractivity contribution < 1.29 is 19.8 Å². The summed E-state index contributed by atoms with van der Waals surface area (Å²) in [6.45, 7) is 2.17. The molecule has 0 aromatic rings. The van der Waals surface area contributed by atoms with Gasteiger partial charge in [-0.2, -0.15) is 0 Å². The van der Waals surface area contributed by atoms with E-state index in [-0.39, 0.29) is 10.1 Å². The molecule has 0 rings (SSSR count). The van der Waals surface area contributed by atoms with Crippen molar-refractivity contribution in [1.82, 2.24) is 0 Å². The third-order valence-corrected chi connectivity index (χ3v) is 0. The second-order valence-corrected chi connectivity index (χ2v) is 1.04. The largest absolute Gasteiger partial charge is 0.481 e. The van der Waals surface area contributed by atoms with Crippen LogP contribution in [0.2, 0.25) is 0 Å². The van der Waals surface area contributed by atoms with Gasteiger partial charge in [0.1, 0.15) is 0 Å². The van der Waals surface area contributed by atoms with Crippen molar-refractivity contribution in [2.45, 2.75) is 13.8 Å². The topological polar surface area (TPSA) is 74.6 Å². The molecular weight excluding hydrogens is 121 g/mol. The third-order valence-electron chi connectivity index (χ3n) is 0. The molecule has 0 bridgehead atoms. The molecule has 50 valence electrons. The molecule has 0 aliphatic carbocycles. The summed E-state index contributed by atoms with van der Waals surface area (Å²) in [5, 5.41) is 14.8. The van der Waals surface area contributed by atoms with Gasteiger partial charge in [-0.15, -0.1) is 0 Å². The van der Waals surface area contributed by atoms with E-state index >= 15 is 0 Å². The molecule has 0 unspecified atom stereocenters. The van der Waals surface area contributed by atoms with Crippen LogP contribution in [0.1, 0.15) is 13.8 Å². The molecule has 0 saturated heterocycles. The van der Waals surface area contributed by atoms with Crippen molar-refractivity contribution in [1.29, 1.82) is 0 Å². The summed E-state index contributed by atoms with van der Waals surface area (Å²) in [6, 6.07) is 0. The zero-order valence-corrected chi connectivity index (χ0v) is 5.42. The smallest absolute Gasteiger partial charge is 0.300 e. The number of carboxylic acid groups (broad SMARTS) is 2. The fraction of sp³-hybridized carbons (Fsp3) is 0.500. The molecule has 2 N–H and O–H groups in total. The fourth-order valence-corrected chi connectivity index (χ4v) is 0. The molecule has 4 nitrogen and oxygen atoms in total. The van der Waals surface area contributed by atoms with Crippen LogP contribution in [-0.4, -0.2) is 32.3 Å². The molecule has 9 heavy (non-hydrogen) atoms. The van der Waals surface area contributed by atoms with Gasteiger partial charge in [0.15, 0.2) is 0 Å². The van der Waals surface area contributed by atoms with E-state index in [1.807, 2.05) is 0 Å². The van der Waals surface area contributed by atoms with Crippen LogP contribution in [0.15, 0.2) is 0 Å². The molecule has 0 aliphatic rings. The average molecular weight is 129 g/mol. The summed E-state index contributed by atoms with van der Waals surface area (Å²) in [6.07, 6.45) is 0. The zero-order valence-electron chi connectivity index (χ0n) is 5.42. The van der Waals surface area contributed by atoms with Crippen LogP contribution in [0.5, 0.6) is 0 Å². The first kappa shape index (κ1) is 15.7.